The molecule has 0 radical (unpaired) electrons. The van der Waals surface area contributed by atoms with Crippen molar-refractivity contribution in [1.82, 2.24) is 4.98 Å². The molecule has 2 nitrogen and oxygen atoms in total. The first-order valence-corrected chi connectivity index (χ1v) is 7.67. The summed E-state index contributed by atoms with van der Waals surface area (Å²) < 4.78 is 0. The van der Waals surface area contributed by atoms with Crippen LogP contribution in [0.25, 0.3) is 22.0 Å². The number of fused-ring (bicyclic) bond motifs is 1. The molecule has 1 heterocycles. The van der Waals surface area contributed by atoms with Gasteiger partial charge in [-0.2, -0.15) is 0 Å². The second kappa shape index (κ2) is 5.45. The highest BCUT2D eigenvalue weighted by Crippen LogP contribution is 2.31. The molecule has 3 rings (SSSR count). The summed E-state index contributed by atoms with van der Waals surface area (Å²) in [5.74, 6) is 0.918. The van der Waals surface area contributed by atoms with E-state index in [1.54, 1.807) is 0 Å². The molecule has 0 unspecified atom stereocenters. The molecule has 22 heavy (non-hydrogen) atoms. The lowest BCUT2D eigenvalue weighted by atomic mass is 9.99. The average Bonchev–Trinajstić information content (AvgIpc) is 2.45. The Morgan fingerprint density at radius 2 is 1.59 bits per heavy atom. The minimum Gasteiger partial charge on any atom is -0.365 e. The van der Waals surface area contributed by atoms with E-state index in [1.807, 2.05) is 6.07 Å². The summed E-state index contributed by atoms with van der Waals surface area (Å²) in [6.45, 7) is 8.56. The molecule has 0 saturated heterocycles. The Morgan fingerprint density at radius 3 is 2.27 bits per heavy atom. The van der Waals surface area contributed by atoms with Crippen molar-refractivity contribution >= 4 is 16.7 Å². The third-order valence-corrected chi connectivity index (χ3v) is 3.58. The molecule has 0 bridgehead atoms. The zero-order valence-electron chi connectivity index (χ0n) is 13.6. The van der Waals surface area contributed by atoms with Crippen molar-refractivity contribution in [2.75, 3.05) is 5.32 Å². The van der Waals surface area contributed by atoms with E-state index < -0.39 is 0 Å². The number of pyridine rings is 1. The van der Waals surface area contributed by atoms with E-state index in [4.69, 9.17) is 4.98 Å². The first-order valence-electron chi connectivity index (χ1n) is 7.67. The molecule has 1 aromatic heterocycles. The number of aryl methyl sites for hydroxylation is 1. The Hall–Kier alpha value is -2.35. The van der Waals surface area contributed by atoms with E-state index in [1.165, 1.54) is 22.1 Å². The van der Waals surface area contributed by atoms with Crippen molar-refractivity contribution in [2.45, 2.75) is 33.2 Å². The monoisotopic (exact) mass is 290 g/mol. The van der Waals surface area contributed by atoms with Crippen molar-refractivity contribution in [3.63, 3.8) is 0 Å². The summed E-state index contributed by atoms with van der Waals surface area (Å²) in [5.41, 5.74) is 4.72. The lowest BCUT2D eigenvalue weighted by Crippen LogP contribution is -2.26. The molecule has 3 aromatic rings. The minimum atomic E-state index is -0.0139. The number of benzene rings is 2. The summed E-state index contributed by atoms with van der Waals surface area (Å²) >= 11 is 0. The predicted octanol–water partition coefficient (Wildman–Crippen LogP) is 5.42. The van der Waals surface area contributed by atoms with E-state index in [2.05, 4.69) is 81.5 Å². The molecule has 0 atom stereocenters. The minimum absolute atomic E-state index is 0.0139. The van der Waals surface area contributed by atoms with Crippen LogP contribution in [0.15, 0.2) is 54.6 Å². The summed E-state index contributed by atoms with van der Waals surface area (Å²) in [6, 6.07) is 19.1. The van der Waals surface area contributed by atoms with Crippen LogP contribution in [-0.2, 0) is 0 Å². The summed E-state index contributed by atoms with van der Waals surface area (Å²) in [5, 5.41) is 4.67. The molecule has 2 aromatic carbocycles. The molecule has 0 aliphatic heterocycles. The van der Waals surface area contributed by atoms with Gasteiger partial charge in [-0.3, -0.25) is 0 Å². The molecule has 112 valence electrons. The lowest BCUT2D eigenvalue weighted by molar-refractivity contribution is 0.631. The number of rotatable bonds is 2. The van der Waals surface area contributed by atoms with Crippen LogP contribution >= 0.6 is 0 Å². The highest BCUT2D eigenvalue weighted by molar-refractivity contribution is 5.96. The van der Waals surface area contributed by atoms with Crippen LogP contribution in [0, 0.1) is 6.92 Å². The van der Waals surface area contributed by atoms with Gasteiger partial charge in [-0.15, -0.1) is 0 Å². The second-order valence-corrected chi connectivity index (χ2v) is 6.81. The zero-order valence-corrected chi connectivity index (χ0v) is 13.6. The largest absolute Gasteiger partial charge is 0.365 e. The molecular weight excluding hydrogens is 268 g/mol. The van der Waals surface area contributed by atoms with Gasteiger partial charge in [0.25, 0.3) is 0 Å². The maximum Gasteiger partial charge on any atom is 0.127 e. The molecule has 0 spiro atoms. The van der Waals surface area contributed by atoms with E-state index in [0.717, 1.165) is 11.3 Å². The predicted molar refractivity (Wildman–Crippen MR) is 95.3 cm³/mol. The summed E-state index contributed by atoms with van der Waals surface area (Å²) in [4.78, 5) is 4.75. The fourth-order valence-corrected chi connectivity index (χ4v) is 2.60. The quantitative estimate of drug-likeness (QED) is 0.681. The van der Waals surface area contributed by atoms with Crippen LogP contribution in [0.4, 0.5) is 5.82 Å². The topological polar surface area (TPSA) is 24.9 Å². The van der Waals surface area contributed by atoms with Crippen LogP contribution in [-0.4, -0.2) is 10.5 Å². The van der Waals surface area contributed by atoms with Crippen LogP contribution in [0.3, 0.4) is 0 Å². The highest BCUT2D eigenvalue weighted by Gasteiger charge is 2.13. The van der Waals surface area contributed by atoms with Crippen LogP contribution < -0.4 is 5.32 Å². The number of hydrogen-bond donors (Lipinski definition) is 1. The Kier molecular flexibility index (Phi) is 3.61. The maximum atomic E-state index is 4.75. The van der Waals surface area contributed by atoms with Crippen molar-refractivity contribution in [1.29, 1.82) is 0 Å². The van der Waals surface area contributed by atoms with Gasteiger partial charge in [0.1, 0.15) is 5.82 Å². The van der Waals surface area contributed by atoms with Crippen LogP contribution in [0.1, 0.15) is 26.3 Å². The average molecular weight is 290 g/mol. The summed E-state index contributed by atoms with van der Waals surface area (Å²) in [7, 11) is 0. The molecule has 1 N–H and O–H groups in total. The normalized spacial score (nSPS) is 11.6. The van der Waals surface area contributed by atoms with Crippen molar-refractivity contribution in [3.05, 3.63) is 60.2 Å². The highest BCUT2D eigenvalue weighted by atomic mass is 15.0. The van der Waals surface area contributed by atoms with Crippen molar-refractivity contribution < 1.29 is 0 Å². The fraction of sp³-hybridized carbons (Fsp3) is 0.250. The van der Waals surface area contributed by atoms with E-state index in [9.17, 15) is 0 Å². The van der Waals surface area contributed by atoms with Gasteiger partial charge in [-0.1, -0.05) is 48.0 Å². The van der Waals surface area contributed by atoms with Gasteiger partial charge in [0.15, 0.2) is 0 Å². The number of aromatic nitrogens is 1. The lowest BCUT2D eigenvalue weighted by Gasteiger charge is -2.22. The second-order valence-electron chi connectivity index (χ2n) is 6.81. The molecule has 0 saturated carbocycles. The molecule has 0 aliphatic rings. The molecule has 0 amide bonds. The molecule has 2 heteroatoms. The van der Waals surface area contributed by atoms with Gasteiger partial charge < -0.3 is 5.32 Å². The van der Waals surface area contributed by atoms with Crippen molar-refractivity contribution in [2.24, 2.45) is 0 Å². The van der Waals surface area contributed by atoms with E-state index in [-0.39, 0.29) is 5.54 Å². The Bertz CT molecular complexity index is 796. The number of para-hydroxylation sites is 1. The number of hydrogen-bond acceptors (Lipinski definition) is 2. The zero-order chi connectivity index (χ0) is 15.7. The number of anilines is 1. The van der Waals surface area contributed by atoms with Gasteiger partial charge in [0.05, 0.1) is 5.52 Å². The van der Waals surface area contributed by atoms with Gasteiger partial charge in [0.2, 0.25) is 0 Å². The smallest absolute Gasteiger partial charge is 0.127 e. The Balaban J connectivity index is 2.20. The third kappa shape index (κ3) is 3.11. The first kappa shape index (κ1) is 14.6. The Morgan fingerprint density at radius 1 is 0.909 bits per heavy atom. The molecule has 0 fully saturated rings. The number of nitrogens with one attached hydrogen (secondary N) is 1. The maximum absolute atomic E-state index is 4.75. The number of nitrogens with zero attached hydrogens (tertiary/aromatic N) is 1. The van der Waals surface area contributed by atoms with E-state index in [0.29, 0.717) is 0 Å². The summed E-state index contributed by atoms with van der Waals surface area (Å²) in [6.07, 6.45) is 0. The third-order valence-electron chi connectivity index (χ3n) is 3.58. The standard InChI is InChI=1S/C20H22N2/c1-14-9-11-15(12-10-14)17-13-19(22-20(2,3)4)21-18-8-6-5-7-16(17)18/h5-13H,1-4H3,(H,21,22). The Labute approximate surface area is 132 Å². The fourth-order valence-electron chi connectivity index (χ4n) is 2.60. The first-order chi connectivity index (χ1) is 10.4. The van der Waals surface area contributed by atoms with Crippen molar-refractivity contribution in [3.8, 4) is 11.1 Å². The SMILES string of the molecule is Cc1ccc(-c2cc(NC(C)(C)C)nc3ccccc23)cc1. The van der Waals surface area contributed by atoms with Crippen LogP contribution in [0.5, 0.6) is 0 Å². The van der Waals surface area contributed by atoms with Gasteiger partial charge in [0, 0.05) is 10.9 Å². The van der Waals surface area contributed by atoms with Gasteiger partial charge >= 0.3 is 0 Å². The van der Waals surface area contributed by atoms with Gasteiger partial charge in [-0.25, -0.2) is 4.98 Å². The van der Waals surface area contributed by atoms with Gasteiger partial charge in [-0.05, 0) is 51.0 Å². The molecule has 0 aliphatic carbocycles. The van der Waals surface area contributed by atoms with Crippen LogP contribution in [0.2, 0.25) is 0 Å². The van der Waals surface area contributed by atoms with E-state index >= 15 is 0 Å². The molecular formula is C20H22N2.